The van der Waals surface area contributed by atoms with Gasteiger partial charge in [0.1, 0.15) is 5.52 Å². The van der Waals surface area contributed by atoms with Crippen molar-refractivity contribution in [2.45, 2.75) is 45.4 Å². The number of oxazole rings is 1. The molecule has 3 nitrogen and oxygen atoms in total. The van der Waals surface area contributed by atoms with Gasteiger partial charge in [0, 0.05) is 6.42 Å². The van der Waals surface area contributed by atoms with Gasteiger partial charge in [0.2, 0.25) is 0 Å². The summed E-state index contributed by atoms with van der Waals surface area (Å²) < 4.78 is 5.91. The third-order valence-electron chi connectivity index (χ3n) is 4.22. The van der Waals surface area contributed by atoms with E-state index in [1.54, 1.807) is 0 Å². The lowest BCUT2D eigenvalue weighted by molar-refractivity contribution is 0.346. The summed E-state index contributed by atoms with van der Waals surface area (Å²) in [5.41, 5.74) is 3.39. The van der Waals surface area contributed by atoms with Gasteiger partial charge in [-0.2, -0.15) is 0 Å². The Morgan fingerprint density at radius 1 is 1.25 bits per heavy atom. The first-order valence-corrected chi connectivity index (χ1v) is 7.63. The predicted octanol–water partition coefficient (Wildman–Crippen LogP) is 3.67. The molecule has 1 aromatic carbocycles. The molecule has 0 atom stereocenters. The minimum atomic E-state index is 0.155. The van der Waals surface area contributed by atoms with Crippen LogP contribution in [0.3, 0.4) is 0 Å². The Morgan fingerprint density at radius 3 is 2.70 bits per heavy atom. The Balaban J connectivity index is 1.83. The lowest BCUT2D eigenvalue weighted by Crippen LogP contribution is -2.28. The summed E-state index contributed by atoms with van der Waals surface area (Å²) in [6.45, 7) is 8.93. The SMILES string of the molecule is CC(C)(C)c1ccc2oc(CC3CCNCC3)nc2c1. The van der Waals surface area contributed by atoms with Crippen LogP contribution in [-0.4, -0.2) is 18.1 Å². The molecule has 0 spiro atoms. The van der Waals surface area contributed by atoms with Gasteiger partial charge in [0.25, 0.3) is 0 Å². The van der Waals surface area contributed by atoms with Crippen LogP contribution in [0.4, 0.5) is 0 Å². The standard InChI is InChI=1S/C17H24N2O/c1-17(2,3)13-4-5-15-14(11-13)19-16(20-15)10-12-6-8-18-9-7-12/h4-5,11-12,18H,6-10H2,1-3H3. The van der Waals surface area contributed by atoms with E-state index in [1.165, 1.54) is 18.4 Å². The number of nitrogens with zero attached hydrogens (tertiary/aromatic N) is 1. The molecule has 0 aliphatic carbocycles. The third kappa shape index (κ3) is 2.88. The molecule has 1 aromatic heterocycles. The number of nitrogens with one attached hydrogen (secondary N) is 1. The van der Waals surface area contributed by atoms with Crippen molar-refractivity contribution in [3.8, 4) is 0 Å². The Labute approximate surface area is 120 Å². The Morgan fingerprint density at radius 2 is 2.00 bits per heavy atom. The number of fused-ring (bicyclic) bond motifs is 1. The van der Waals surface area contributed by atoms with E-state index in [2.05, 4.69) is 44.3 Å². The van der Waals surface area contributed by atoms with Crippen LogP contribution in [0.25, 0.3) is 11.1 Å². The maximum absolute atomic E-state index is 5.91. The molecule has 0 bridgehead atoms. The molecule has 0 saturated carbocycles. The van der Waals surface area contributed by atoms with Crippen molar-refractivity contribution >= 4 is 11.1 Å². The van der Waals surface area contributed by atoms with E-state index in [1.807, 2.05) is 0 Å². The van der Waals surface area contributed by atoms with Crippen molar-refractivity contribution in [2.75, 3.05) is 13.1 Å². The summed E-state index contributed by atoms with van der Waals surface area (Å²) in [5, 5.41) is 3.40. The van der Waals surface area contributed by atoms with Gasteiger partial charge >= 0.3 is 0 Å². The summed E-state index contributed by atoms with van der Waals surface area (Å²) in [6, 6.07) is 6.39. The van der Waals surface area contributed by atoms with Crippen LogP contribution < -0.4 is 5.32 Å². The monoisotopic (exact) mass is 272 g/mol. The van der Waals surface area contributed by atoms with E-state index in [4.69, 9.17) is 9.40 Å². The maximum Gasteiger partial charge on any atom is 0.195 e. The van der Waals surface area contributed by atoms with Crippen molar-refractivity contribution in [1.82, 2.24) is 10.3 Å². The summed E-state index contributed by atoms with van der Waals surface area (Å²) in [7, 11) is 0. The lowest BCUT2D eigenvalue weighted by atomic mass is 9.87. The molecule has 1 saturated heterocycles. The zero-order valence-electron chi connectivity index (χ0n) is 12.7. The molecule has 108 valence electrons. The molecule has 2 aromatic rings. The van der Waals surface area contributed by atoms with E-state index in [9.17, 15) is 0 Å². The summed E-state index contributed by atoms with van der Waals surface area (Å²) in [5.74, 6) is 1.62. The van der Waals surface area contributed by atoms with E-state index < -0.39 is 0 Å². The van der Waals surface area contributed by atoms with Gasteiger partial charge in [-0.15, -0.1) is 0 Å². The van der Waals surface area contributed by atoms with Crippen molar-refractivity contribution in [2.24, 2.45) is 5.92 Å². The molecule has 0 radical (unpaired) electrons. The van der Waals surface area contributed by atoms with Gasteiger partial charge in [0.05, 0.1) is 0 Å². The topological polar surface area (TPSA) is 38.1 Å². The number of piperidine rings is 1. The zero-order valence-corrected chi connectivity index (χ0v) is 12.7. The number of hydrogen-bond acceptors (Lipinski definition) is 3. The second-order valence-electron chi connectivity index (χ2n) is 6.94. The van der Waals surface area contributed by atoms with Crippen LogP contribution in [0.5, 0.6) is 0 Å². The molecule has 1 N–H and O–H groups in total. The molecule has 1 aliphatic heterocycles. The lowest BCUT2D eigenvalue weighted by Gasteiger charge is -2.20. The fraction of sp³-hybridized carbons (Fsp3) is 0.588. The first-order chi connectivity index (χ1) is 9.52. The van der Waals surface area contributed by atoms with E-state index >= 15 is 0 Å². The quantitative estimate of drug-likeness (QED) is 0.906. The Hall–Kier alpha value is -1.35. The van der Waals surface area contributed by atoms with Crippen molar-refractivity contribution in [3.63, 3.8) is 0 Å². The summed E-state index contributed by atoms with van der Waals surface area (Å²) in [4.78, 5) is 4.69. The van der Waals surface area contributed by atoms with Gasteiger partial charge in [-0.25, -0.2) is 4.98 Å². The molecule has 3 rings (SSSR count). The average Bonchev–Trinajstić information content (AvgIpc) is 2.80. The van der Waals surface area contributed by atoms with Gasteiger partial charge in [-0.05, 0) is 55.0 Å². The number of rotatable bonds is 2. The highest BCUT2D eigenvalue weighted by Gasteiger charge is 2.18. The van der Waals surface area contributed by atoms with Crippen LogP contribution in [0.1, 0.15) is 45.1 Å². The zero-order chi connectivity index (χ0) is 14.2. The van der Waals surface area contributed by atoms with Crippen LogP contribution in [0.15, 0.2) is 22.6 Å². The van der Waals surface area contributed by atoms with Crippen molar-refractivity contribution in [3.05, 3.63) is 29.7 Å². The normalized spacial score (nSPS) is 17.8. The minimum Gasteiger partial charge on any atom is -0.441 e. The number of hydrogen-bond donors (Lipinski definition) is 1. The Kier molecular flexibility index (Phi) is 3.55. The summed E-state index contributed by atoms with van der Waals surface area (Å²) in [6.07, 6.45) is 3.43. The number of aromatic nitrogens is 1. The molecule has 0 amide bonds. The fourth-order valence-electron chi connectivity index (χ4n) is 2.86. The van der Waals surface area contributed by atoms with Gasteiger partial charge < -0.3 is 9.73 Å². The maximum atomic E-state index is 5.91. The largest absolute Gasteiger partial charge is 0.441 e. The highest BCUT2D eigenvalue weighted by Crippen LogP contribution is 2.27. The fourth-order valence-corrected chi connectivity index (χ4v) is 2.86. The highest BCUT2D eigenvalue weighted by molar-refractivity contribution is 5.73. The minimum absolute atomic E-state index is 0.155. The average molecular weight is 272 g/mol. The first-order valence-electron chi connectivity index (χ1n) is 7.63. The van der Waals surface area contributed by atoms with Crippen LogP contribution in [0, 0.1) is 5.92 Å². The molecular weight excluding hydrogens is 248 g/mol. The van der Waals surface area contributed by atoms with Gasteiger partial charge in [-0.1, -0.05) is 26.8 Å². The van der Waals surface area contributed by atoms with Crippen LogP contribution in [0.2, 0.25) is 0 Å². The van der Waals surface area contributed by atoms with Gasteiger partial charge in [-0.3, -0.25) is 0 Å². The van der Waals surface area contributed by atoms with Gasteiger partial charge in [0.15, 0.2) is 11.5 Å². The molecule has 1 fully saturated rings. The smallest absolute Gasteiger partial charge is 0.195 e. The first kappa shape index (κ1) is 13.6. The van der Waals surface area contributed by atoms with Crippen molar-refractivity contribution < 1.29 is 4.42 Å². The molecule has 20 heavy (non-hydrogen) atoms. The van der Waals surface area contributed by atoms with E-state index in [0.717, 1.165) is 36.5 Å². The van der Waals surface area contributed by atoms with E-state index in [-0.39, 0.29) is 5.41 Å². The second-order valence-corrected chi connectivity index (χ2v) is 6.94. The van der Waals surface area contributed by atoms with Crippen LogP contribution in [-0.2, 0) is 11.8 Å². The second kappa shape index (κ2) is 5.21. The molecule has 1 aliphatic rings. The van der Waals surface area contributed by atoms with E-state index in [0.29, 0.717) is 5.92 Å². The third-order valence-corrected chi connectivity index (χ3v) is 4.22. The molecule has 3 heteroatoms. The number of benzene rings is 1. The molecule has 0 unspecified atom stereocenters. The van der Waals surface area contributed by atoms with Crippen molar-refractivity contribution in [1.29, 1.82) is 0 Å². The molecular formula is C17H24N2O. The summed E-state index contributed by atoms with van der Waals surface area (Å²) >= 11 is 0. The van der Waals surface area contributed by atoms with Crippen LogP contribution >= 0.6 is 0 Å². The Bertz CT molecular complexity index is 589. The highest BCUT2D eigenvalue weighted by atomic mass is 16.3. The molecule has 2 heterocycles. The predicted molar refractivity (Wildman–Crippen MR) is 82.0 cm³/mol.